The summed E-state index contributed by atoms with van der Waals surface area (Å²) in [5, 5.41) is 9.68. The summed E-state index contributed by atoms with van der Waals surface area (Å²) >= 11 is 0. The average Bonchev–Trinajstić information content (AvgIpc) is 2.96. The Bertz CT molecular complexity index is 329. The minimum Gasteiger partial charge on any atom is -0.338 e. The number of hydrogen-bond acceptors (Lipinski definition) is 3. The second-order valence-electron chi connectivity index (χ2n) is 7.12. The van der Waals surface area contributed by atoms with Crippen LogP contribution in [-0.4, -0.2) is 55.2 Å². The van der Waals surface area contributed by atoms with E-state index in [1.807, 2.05) is 0 Å². The minimum absolute atomic E-state index is 0.00623. The van der Waals surface area contributed by atoms with Gasteiger partial charge in [0.1, 0.15) is 0 Å². The van der Waals surface area contributed by atoms with Gasteiger partial charge in [-0.2, -0.15) is 0 Å². The molecule has 0 aromatic rings. The number of rotatable bonds is 7. The van der Waals surface area contributed by atoms with Crippen LogP contribution < -0.4 is 16.0 Å². The van der Waals surface area contributed by atoms with Crippen LogP contribution in [0.4, 0.5) is 4.79 Å². The lowest BCUT2D eigenvalue weighted by Crippen LogP contribution is -2.44. The molecule has 1 aliphatic carbocycles. The van der Waals surface area contributed by atoms with Crippen LogP contribution in [0.3, 0.4) is 0 Å². The van der Waals surface area contributed by atoms with Crippen molar-refractivity contribution in [3.05, 3.63) is 0 Å². The third-order valence-corrected chi connectivity index (χ3v) is 4.96. The molecule has 1 heterocycles. The monoisotopic (exact) mass is 310 g/mol. The van der Waals surface area contributed by atoms with Crippen LogP contribution in [0.25, 0.3) is 0 Å². The van der Waals surface area contributed by atoms with E-state index in [0.717, 1.165) is 39.0 Å². The lowest BCUT2D eigenvalue weighted by Gasteiger charge is -2.23. The highest BCUT2D eigenvalue weighted by atomic mass is 16.2. The number of nitrogens with one attached hydrogen (secondary N) is 3. The number of carbonyl (C=O) groups excluding carboxylic acids is 1. The smallest absolute Gasteiger partial charge is 0.315 e. The molecule has 1 atom stereocenters. The van der Waals surface area contributed by atoms with Gasteiger partial charge in [0.25, 0.3) is 0 Å². The summed E-state index contributed by atoms with van der Waals surface area (Å²) in [4.78, 5) is 14.3. The molecule has 128 valence electrons. The molecule has 2 fully saturated rings. The van der Waals surface area contributed by atoms with Crippen LogP contribution in [0.5, 0.6) is 0 Å². The third-order valence-electron chi connectivity index (χ3n) is 4.96. The first-order valence-electron chi connectivity index (χ1n) is 9.17. The highest BCUT2D eigenvalue weighted by molar-refractivity contribution is 5.74. The Morgan fingerprint density at radius 2 is 1.86 bits per heavy atom. The van der Waals surface area contributed by atoms with Gasteiger partial charge < -0.3 is 16.0 Å². The highest BCUT2D eigenvalue weighted by Crippen LogP contribution is 2.17. The van der Waals surface area contributed by atoms with Crippen molar-refractivity contribution >= 4 is 6.03 Å². The molecule has 0 radical (unpaired) electrons. The lowest BCUT2D eigenvalue weighted by molar-refractivity contribution is 0.233. The second-order valence-corrected chi connectivity index (χ2v) is 7.12. The molecule has 0 aromatic heterocycles. The van der Waals surface area contributed by atoms with E-state index in [-0.39, 0.29) is 6.03 Å². The van der Waals surface area contributed by atoms with E-state index in [0.29, 0.717) is 18.1 Å². The van der Waals surface area contributed by atoms with E-state index < -0.39 is 0 Å². The zero-order chi connectivity index (χ0) is 15.8. The maximum absolute atomic E-state index is 11.9. The number of likely N-dealkylation sites (tertiary alicyclic amines) is 1. The molecule has 5 heteroatoms. The Labute approximate surface area is 135 Å². The first-order valence-corrected chi connectivity index (χ1v) is 9.17. The molecule has 2 aliphatic rings. The van der Waals surface area contributed by atoms with Crippen molar-refractivity contribution in [1.29, 1.82) is 0 Å². The van der Waals surface area contributed by atoms with Gasteiger partial charge in [-0.3, -0.25) is 4.90 Å². The number of urea groups is 1. The highest BCUT2D eigenvalue weighted by Gasteiger charge is 2.25. The zero-order valence-corrected chi connectivity index (χ0v) is 14.4. The van der Waals surface area contributed by atoms with Crippen molar-refractivity contribution in [2.24, 2.45) is 0 Å². The normalized spacial score (nSPS) is 23.9. The summed E-state index contributed by atoms with van der Waals surface area (Å²) in [6.45, 7) is 8.26. The summed E-state index contributed by atoms with van der Waals surface area (Å²) in [5.74, 6) is 0. The summed E-state index contributed by atoms with van der Waals surface area (Å²) in [6.07, 6.45) is 8.85. The molecular formula is C17H34N4O. The van der Waals surface area contributed by atoms with Crippen molar-refractivity contribution in [3.8, 4) is 0 Å². The SMILES string of the molecule is CC(C)N1CCC(NC(=O)NCCCNC2CCCCC2)C1. The van der Waals surface area contributed by atoms with Crippen molar-refractivity contribution < 1.29 is 4.79 Å². The van der Waals surface area contributed by atoms with Crippen LogP contribution in [0, 0.1) is 0 Å². The summed E-state index contributed by atoms with van der Waals surface area (Å²) in [5.41, 5.74) is 0. The van der Waals surface area contributed by atoms with Gasteiger partial charge in [-0.05, 0) is 46.1 Å². The Balaban J connectivity index is 1.47. The topological polar surface area (TPSA) is 56.4 Å². The summed E-state index contributed by atoms with van der Waals surface area (Å²) in [6, 6.07) is 1.58. The fourth-order valence-corrected chi connectivity index (χ4v) is 3.51. The quantitative estimate of drug-likeness (QED) is 0.631. The molecule has 2 rings (SSSR count). The van der Waals surface area contributed by atoms with E-state index in [4.69, 9.17) is 0 Å². The number of carbonyl (C=O) groups is 1. The number of hydrogen-bond donors (Lipinski definition) is 3. The molecule has 1 aliphatic heterocycles. The van der Waals surface area contributed by atoms with Crippen molar-refractivity contribution in [1.82, 2.24) is 20.9 Å². The van der Waals surface area contributed by atoms with Gasteiger partial charge in [0, 0.05) is 37.8 Å². The number of amides is 2. The van der Waals surface area contributed by atoms with E-state index in [1.165, 1.54) is 32.1 Å². The van der Waals surface area contributed by atoms with Crippen molar-refractivity contribution in [2.75, 3.05) is 26.2 Å². The fraction of sp³-hybridized carbons (Fsp3) is 0.941. The Hall–Kier alpha value is -0.810. The molecule has 0 aromatic carbocycles. The fourth-order valence-electron chi connectivity index (χ4n) is 3.51. The molecule has 1 unspecified atom stereocenters. The van der Waals surface area contributed by atoms with Gasteiger partial charge >= 0.3 is 6.03 Å². The van der Waals surface area contributed by atoms with Crippen molar-refractivity contribution in [2.45, 2.75) is 76.9 Å². The zero-order valence-electron chi connectivity index (χ0n) is 14.4. The predicted molar refractivity (Wildman–Crippen MR) is 91.1 cm³/mol. The first-order chi connectivity index (χ1) is 10.6. The first kappa shape index (κ1) is 17.5. The molecular weight excluding hydrogens is 276 g/mol. The second kappa shape index (κ2) is 9.36. The van der Waals surface area contributed by atoms with Crippen LogP contribution in [0.2, 0.25) is 0 Å². The van der Waals surface area contributed by atoms with Crippen molar-refractivity contribution in [3.63, 3.8) is 0 Å². The molecule has 0 spiro atoms. The Morgan fingerprint density at radius 1 is 1.09 bits per heavy atom. The molecule has 1 saturated heterocycles. The minimum atomic E-state index is -0.00623. The third kappa shape index (κ3) is 6.13. The molecule has 5 nitrogen and oxygen atoms in total. The van der Waals surface area contributed by atoms with Crippen LogP contribution >= 0.6 is 0 Å². The molecule has 22 heavy (non-hydrogen) atoms. The molecule has 1 saturated carbocycles. The summed E-state index contributed by atoms with van der Waals surface area (Å²) < 4.78 is 0. The van der Waals surface area contributed by atoms with Gasteiger partial charge in [-0.25, -0.2) is 4.79 Å². The maximum Gasteiger partial charge on any atom is 0.315 e. The standard InChI is InChI=1S/C17H34N4O/c1-14(2)21-12-9-16(13-21)20-17(22)19-11-6-10-18-15-7-4-3-5-8-15/h14-16,18H,3-13H2,1-2H3,(H2,19,20,22). The van der Waals surface area contributed by atoms with Gasteiger partial charge in [0.05, 0.1) is 0 Å². The maximum atomic E-state index is 11.9. The molecule has 2 amide bonds. The van der Waals surface area contributed by atoms with E-state index >= 15 is 0 Å². The lowest BCUT2D eigenvalue weighted by atomic mass is 9.95. The predicted octanol–water partition coefficient (Wildman–Crippen LogP) is 2.08. The average molecular weight is 310 g/mol. The number of nitrogens with zero attached hydrogens (tertiary/aromatic N) is 1. The summed E-state index contributed by atoms with van der Waals surface area (Å²) in [7, 11) is 0. The van der Waals surface area contributed by atoms with Crippen LogP contribution in [-0.2, 0) is 0 Å². The van der Waals surface area contributed by atoms with Gasteiger partial charge in [0.15, 0.2) is 0 Å². The van der Waals surface area contributed by atoms with Gasteiger partial charge in [-0.15, -0.1) is 0 Å². The molecule has 3 N–H and O–H groups in total. The van der Waals surface area contributed by atoms with Gasteiger partial charge in [0.2, 0.25) is 0 Å². The van der Waals surface area contributed by atoms with E-state index in [9.17, 15) is 4.79 Å². The van der Waals surface area contributed by atoms with Gasteiger partial charge in [-0.1, -0.05) is 19.3 Å². The van der Waals surface area contributed by atoms with E-state index in [1.54, 1.807) is 0 Å². The van der Waals surface area contributed by atoms with Crippen LogP contribution in [0.1, 0.15) is 58.8 Å². The Kier molecular flexibility index (Phi) is 7.46. The Morgan fingerprint density at radius 3 is 2.55 bits per heavy atom. The van der Waals surface area contributed by atoms with E-state index in [2.05, 4.69) is 34.7 Å². The molecule has 0 bridgehead atoms. The van der Waals surface area contributed by atoms with Crippen LogP contribution in [0.15, 0.2) is 0 Å². The largest absolute Gasteiger partial charge is 0.338 e.